The molecule has 0 spiro atoms. The van der Waals surface area contributed by atoms with E-state index in [9.17, 15) is 13.6 Å². The highest BCUT2D eigenvalue weighted by atomic mass is 19.2. The lowest BCUT2D eigenvalue weighted by atomic mass is 10.1. The Morgan fingerprint density at radius 3 is 2.59 bits per heavy atom. The van der Waals surface area contributed by atoms with E-state index < -0.39 is 11.6 Å². The first-order valence-corrected chi connectivity index (χ1v) is 5.72. The highest BCUT2D eigenvalue weighted by molar-refractivity contribution is 5.96. The lowest BCUT2D eigenvalue weighted by Gasteiger charge is -2.07. The van der Waals surface area contributed by atoms with Gasteiger partial charge in [0.15, 0.2) is 17.4 Å². The van der Waals surface area contributed by atoms with Crippen LogP contribution in [0.1, 0.15) is 37.0 Å². The predicted molar refractivity (Wildman–Crippen MR) is 63.1 cm³/mol. The molecular formula is C13H17F2NO. The van der Waals surface area contributed by atoms with Crippen molar-refractivity contribution in [1.29, 1.82) is 0 Å². The fourth-order valence-corrected chi connectivity index (χ4v) is 1.45. The molecule has 4 heteroatoms. The van der Waals surface area contributed by atoms with E-state index in [1.54, 1.807) is 0 Å². The quantitative estimate of drug-likeness (QED) is 0.613. The summed E-state index contributed by atoms with van der Waals surface area (Å²) in [5.74, 6) is -2.06. The summed E-state index contributed by atoms with van der Waals surface area (Å²) in [7, 11) is 0. The van der Waals surface area contributed by atoms with Gasteiger partial charge in [0.05, 0.1) is 0 Å². The van der Waals surface area contributed by atoms with Gasteiger partial charge < -0.3 is 5.32 Å². The summed E-state index contributed by atoms with van der Waals surface area (Å²) >= 11 is 0. The molecule has 0 aliphatic rings. The molecule has 0 bridgehead atoms. The van der Waals surface area contributed by atoms with E-state index in [1.165, 1.54) is 6.07 Å². The maximum Gasteiger partial charge on any atom is 0.163 e. The highest BCUT2D eigenvalue weighted by Gasteiger charge is 2.09. The van der Waals surface area contributed by atoms with Gasteiger partial charge in [0.1, 0.15) is 0 Å². The lowest BCUT2D eigenvalue weighted by molar-refractivity contribution is 0.0979. The molecule has 1 N–H and O–H groups in total. The Morgan fingerprint density at radius 1 is 1.29 bits per heavy atom. The maximum atomic E-state index is 12.9. The minimum Gasteiger partial charge on any atom is -0.315 e. The number of carbonyl (C=O) groups excluding carboxylic acids is 1. The van der Waals surface area contributed by atoms with E-state index in [-0.39, 0.29) is 11.3 Å². The number of rotatable bonds is 6. The van der Waals surface area contributed by atoms with Gasteiger partial charge in [0.25, 0.3) is 0 Å². The van der Waals surface area contributed by atoms with Crippen LogP contribution in [0.25, 0.3) is 0 Å². The van der Waals surface area contributed by atoms with Crippen LogP contribution in [0.15, 0.2) is 18.2 Å². The smallest absolute Gasteiger partial charge is 0.163 e. The first-order chi connectivity index (χ1) is 8.00. The molecule has 2 nitrogen and oxygen atoms in total. The molecule has 0 heterocycles. The second-order valence-electron chi connectivity index (χ2n) is 4.26. The summed E-state index contributed by atoms with van der Waals surface area (Å²) in [5.41, 5.74) is 0.230. The Kier molecular flexibility index (Phi) is 5.22. The normalized spacial score (nSPS) is 10.9. The molecular weight excluding hydrogens is 224 g/mol. The third-order valence-corrected chi connectivity index (χ3v) is 2.37. The first kappa shape index (κ1) is 13.8. The van der Waals surface area contributed by atoms with Gasteiger partial charge in [-0.1, -0.05) is 13.8 Å². The average Bonchev–Trinajstić information content (AvgIpc) is 2.27. The van der Waals surface area contributed by atoms with Crippen LogP contribution >= 0.6 is 0 Å². The third-order valence-electron chi connectivity index (χ3n) is 2.37. The SMILES string of the molecule is CC(C)NCCCC(=O)c1ccc(F)c(F)c1. The minimum atomic E-state index is -0.976. The number of Topliss-reactive ketones (excluding diaryl/α,β-unsaturated/α-hetero) is 1. The molecule has 1 aromatic rings. The summed E-state index contributed by atoms with van der Waals surface area (Å²) in [4.78, 5) is 11.6. The van der Waals surface area contributed by atoms with Gasteiger partial charge in [-0.3, -0.25) is 4.79 Å². The molecule has 0 aliphatic carbocycles. The van der Waals surface area contributed by atoms with Crippen molar-refractivity contribution in [2.24, 2.45) is 0 Å². The Bertz CT molecular complexity index is 391. The molecule has 0 atom stereocenters. The Balaban J connectivity index is 2.44. The third kappa shape index (κ3) is 4.61. The number of ketones is 1. The molecule has 17 heavy (non-hydrogen) atoms. The number of benzene rings is 1. The lowest BCUT2D eigenvalue weighted by Crippen LogP contribution is -2.24. The fourth-order valence-electron chi connectivity index (χ4n) is 1.45. The summed E-state index contributed by atoms with van der Waals surface area (Å²) in [6, 6.07) is 3.63. The molecule has 0 aliphatic heterocycles. The number of hydrogen-bond donors (Lipinski definition) is 1. The largest absolute Gasteiger partial charge is 0.315 e. The monoisotopic (exact) mass is 241 g/mol. The first-order valence-electron chi connectivity index (χ1n) is 5.72. The van der Waals surface area contributed by atoms with Crippen molar-refractivity contribution in [1.82, 2.24) is 5.32 Å². The van der Waals surface area contributed by atoms with Gasteiger partial charge >= 0.3 is 0 Å². The van der Waals surface area contributed by atoms with Gasteiger partial charge in [-0.05, 0) is 31.2 Å². The predicted octanol–water partition coefficient (Wildman–Crippen LogP) is 2.93. The van der Waals surface area contributed by atoms with Crippen molar-refractivity contribution in [3.8, 4) is 0 Å². The van der Waals surface area contributed by atoms with Crippen LogP contribution in [0.2, 0.25) is 0 Å². The van der Waals surface area contributed by atoms with E-state index >= 15 is 0 Å². The molecule has 0 radical (unpaired) electrons. The molecule has 0 saturated carbocycles. The van der Waals surface area contributed by atoms with Gasteiger partial charge in [-0.15, -0.1) is 0 Å². The van der Waals surface area contributed by atoms with Crippen LogP contribution < -0.4 is 5.32 Å². The van der Waals surface area contributed by atoms with Crippen LogP contribution in [-0.4, -0.2) is 18.4 Å². The number of carbonyl (C=O) groups is 1. The Morgan fingerprint density at radius 2 is 2.00 bits per heavy atom. The molecule has 0 fully saturated rings. The van der Waals surface area contributed by atoms with Gasteiger partial charge in [-0.2, -0.15) is 0 Å². The molecule has 1 aromatic carbocycles. The van der Waals surface area contributed by atoms with Crippen molar-refractivity contribution in [3.05, 3.63) is 35.4 Å². The Labute approximate surface area is 100 Å². The molecule has 0 saturated heterocycles. The Hall–Kier alpha value is -1.29. The van der Waals surface area contributed by atoms with Crippen LogP contribution in [0.3, 0.4) is 0 Å². The number of nitrogens with one attached hydrogen (secondary N) is 1. The average molecular weight is 241 g/mol. The van der Waals surface area contributed by atoms with E-state index in [0.717, 1.165) is 18.7 Å². The highest BCUT2D eigenvalue weighted by Crippen LogP contribution is 2.11. The summed E-state index contributed by atoms with van der Waals surface area (Å²) in [5, 5.41) is 3.19. The van der Waals surface area contributed by atoms with E-state index in [2.05, 4.69) is 5.32 Å². The zero-order chi connectivity index (χ0) is 12.8. The molecule has 0 aromatic heterocycles. The second kappa shape index (κ2) is 6.45. The number of hydrogen-bond acceptors (Lipinski definition) is 2. The van der Waals surface area contributed by atoms with Crippen molar-refractivity contribution in [2.75, 3.05) is 6.54 Å². The maximum absolute atomic E-state index is 12.9. The van der Waals surface area contributed by atoms with Crippen molar-refractivity contribution >= 4 is 5.78 Å². The molecule has 1 rings (SSSR count). The second-order valence-corrected chi connectivity index (χ2v) is 4.26. The van der Waals surface area contributed by atoms with Crippen LogP contribution in [0.5, 0.6) is 0 Å². The van der Waals surface area contributed by atoms with Crippen LogP contribution in [-0.2, 0) is 0 Å². The van der Waals surface area contributed by atoms with Gasteiger partial charge in [0.2, 0.25) is 0 Å². The minimum absolute atomic E-state index is 0.158. The van der Waals surface area contributed by atoms with E-state index in [1.807, 2.05) is 13.8 Å². The van der Waals surface area contributed by atoms with Crippen molar-refractivity contribution < 1.29 is 13.6 Å². The zero-order valence-corrected chi connectivity index (χ0v) is 10.1. The van der Waals surface area contributed by atoms with Crippen LogP contribution in [0, 0.1) is 11.6 Å². The standard InChI is InChI=1S/C13H17F2NO/c1-9(2)16-7-3-4-13(17)10-5-6-11(14)12(15)8-10/h5-6,8-9,16H,3-4,7H2,1-2H3. The molecule has 0 amide bonds. The number of halogens is 2. The van der Waals surface area contributed by atoms with Gasteiger partial charge in [0, 0.05) is 18.0 Å². The van der Waals surface area contributed by atoms with Crippen LogP contribution in [0.4, 0.5) is 8.78 Å². The van der Waals surface area contributed by atoms with Crippen molar-refractivity contribution in [2.45, 2.75) is 32.7 Å². The molecule has 94 valence electrons. The van der Waals surface area contributed by atoms with E-state index in [0.29, 0.717) is 18.9 Å². The zero-order valence-electron chi connectivity index (χ0n) is 10.1. The molecule has 0 unspecified atom stereocenters. The van der Waals surface area contributed by atoms with Gasteiger partial charge in [-0.25, -0.2) is 8.78 Å². The fraction of sp³-hybridized carbons (Fsp3) is 0.462. The van der Waals surface area contributed by atoms with Crippen molar-refractivity contribution in [3.63, 3.8) is 0 Å². The topological polar surface area (TPSA) is 29.1 Å². The van der Waals surface area contributed by atoms with E-state index in [4.69, 9.17) is 0 Å². The summed E-state index contributed by atoms with van der Waals surface area (Å²) < 4.78 is 25.6. The summed E-state index contributed by atoms with van der Waals surface area (Å²) in [6.45, 7) is 4.79. The summed E-state index contributed by atoms with van der Waals surface area (Å²) in [6.07, 6.45) is 1.03.